The molecular weight excluding hydrogens is 254 g/mol. The van der Waals surface area contributed by atoms with Crippen LogP contribution in [0.5, 0.6) is 0 Å². The number of ether oxygens (including phenoxy) is 1. The van der Waals surface area contributed by atoms with Crippen molar-refractivity contribution in [2.45, 2.75) is 25.8 Å². The van der Waals surface area contributed by atoms with Gasteiger partial charge in [0.2, 0.25) is 0 Å². The molecule has 0 aliphatic carbocycles. The molecule has 0 fully saturated rings. The van der Waals surface area contributed by atoms with E-state index in [0.29, 0.717) is 17.5 Å². The van der Waals surface area contributed by atoms with E-state index in [2.05, 4.69) is 5.92 Å². The molecule has 104 valence electrons. The van der Waals surface area contributed by atoms with Crippen LogP contribution >= 0.6 is 0 Å². The fourth-order valence-electron chi connectivity index (χ4n) is 2.79. The van der Waals surface area contributed by atoms with E-state index >= 15 is 0 Å². The van der Waals surface area contributed by atoms with Gasteiger partial charge in [-0.25, -0.2) is 4.79 Å². The van der Waals surface area contributed by atoms with E-state index in [-0.39, 0.29) is 19.1 Å². The molecule has 0 bridgehead atoms. The molecule has 0 saturated carbocycles. The van der Waals surface area contributed by atoms with Gasteiger partial charge in [0.15, 0.2) is 5.54 Å². The Kier molecular flexibility index (Phi) is 3.80. The summed E-state index contributed by atoms with van der Waals surface area (Å²) in [4.78, 5) is 26.4. The molecular formula is C16H17NO3. The third-order valence-electron chi connectivity index (χ3n) is 3.68. The normalized spacial score (nSPS) is 20.4. The quantitative estimate of drug-likeness (QED) is 0.621. The van der Waals surface area contributed by atoms with Crippen LogP contribution < -0.4 is 0 Å². The standard InChI is InChI=1S/C16H17NO3/c1-4-11-17-14(18)12-9-7-8-10-13(12)16(17,5-2)15(19)20-6-3/h1,7-10H,5-6,11H2,2-3H3. The Hall–Kier alpha value is -2.28. The zero-order chi connectivity index (χ0) is 14.8. The molecule has 4 heteroatoms. The van der Waals surface area contributed by atoms with Crippen LogP contribution in [0.15, 0.2) is 24.3 Å². The fourth-order valence-corrected chi connectivity index (χ4v) is 2.79. The largest absolute Gasteiger partial charge is 0.464 e. The van der Waals surface area contributed by atoms with Gasteiger partial charge in [0.1, 0.15) is 0 Å². The first kappa shape index (κ1) is 14.1. The second-order valence-electron chi connectivity index (χ2n) is 4.58. The minimum atomic E-state index is -1.10. The summed E-state index contributed by atoms with van der Waals surface area (Å²) in [5, 5.41) is 0. The predicted molar refractivity (Wildman–Crippen MR) is 74.9 cm³/mol. The van der Waals surface area contributed by atoms with Crippen LogP contribution in [0.4, 0.5) is 0 Å². The summed E-state index contributed by atoms with van der Waals surface area (Å²) in [7, 11) is 0. The van der Waals surface area contributed by atoms with Crippen molar-refractivity contribution in [3.05, 3.63) is 35.4 Å². The topological polar surface area (TPSA) is 46.6 Å². The third kappa shape index (κ3) is 1.78. The van der Waals surface area contributed by atoms with Gasteiger partial charge >= 0.3 is 5.97 Å². The maximum absolute atomic E-state index is 12.5. The molecule has 1 aromatic carbocycles. The number of nitrogens with zero attached hydrogens (tertiary/aromatic N) is 1. The van der Waals surface area contributed by atoms with E-state index in [0.717, 1.165) is 0 Å². The number of hydrogen-bond acceptors (Lipinski definition) is 3. The van der Waals surface area contributed by atoms with Gasteiger partial charge in [-0.15, -0.1) is 6.42 Å². The van der Waals surface area contributed by atoms with Gasteiger partial charge in [-0.1, -0.05) is 31.0 Å². The second-order valence-corrected chi connectivity index (χ2v) is 4.58. The van der Waals surface area contributed by atoms with Gasteiger partial charge in [0.05, 0.1) is 13.2 Å². The molecule has 0 saturated heterocycles. The first-order chi connectivity index (χ1) is 9.63. The van der Waals surface area contributed by atoms with Gasteiger partial charge in [-0.05, 0) is 19.4 Å². The fraction of sp³-hybridized carbons (Fsp3) is 0.375. The maximum Gasteiger partial charge on any atom is 0.336 e. The summed E-state index contributed by atoms with van der Waals surface area (Å²) in [5.74, 6) is 1.82. The lowest BCUT2D eigenvalue weighted by atomic mass is 9.87. The van der Waals surface area contributed by atoms with Crippen LogP contribution in [0.3, 0.4) is 0 Å². The number of hydrogen-bond donors (Lipinski definition) is 0. The Morgan fingerprint density at radius 3 is 2.70 bits per heavy atom. The number of esters is 1. The zero-order valence-electron chi connectivity index (χ0n) is 11.7. The average molecular weight is 271 g/mol. The van der Waals surface area contributed by atoms with Crippen molar-refractivity contribution >= 4 is 11.9 Å². The molecule has 1 atom stereocenters. The van der Waals surface area contributed by atoms with E-state index in [1.165, 1.54) is 4.90 Å². The van der Waals surface area contributed by atoms with Crippen molar-refractivity contribution in [2.24, 2.45) is 0 Å². The van der Waals surface area contributed by atoms with E-state index in [1.54, 1.807) is 25.1 Å². The highest BCUT2D eigenvalue weighted by atomic mass is 16.5. The number of rotatable bonds is 4. The Labute approximate surface area is 118 Å². The Morgan fingerprint density at radius 2 is 2.10 bits per heavy atom. The molecule has 20 heavy (non-hydrogen) atoms. The summed E-state index contributed by atoms with van der Waals surface area (Å²) in [6, 6.07) is 7.11. The highest BCUT2D eigenvalue weighted by molar-refractivity contribution is 6.06. The smallest absolute Gasteiger partial charge is 0.336 e. The van der Waals surface area contributed by atoms with E-state index < -0.39 is 11.5 Å². The first-order valence-corrected chi connectivity index (χ1v) is 6.65. The Morgan fingerprint density at radius 1 is 1.40 bits per heavy atom. The summed E-state index contributed by atoms with van der Waals surface area (Å²) in [5.41, 5.74) is 0.106. The summed E-state index contributed by atoms with van der Waals surface area (Å²) < 4.78 is 5.20. The van der Waals surface area contributed by atoms with Crippen molar-refractivity contribution in [2.75, 3.05) is 13.2 Å². The van der Waals surface area contributed by atoms with Crippen LogP contribution in [0, 0.1) is 12.3 Å². The molecule has 0 spiro atoms. The molecule has 1 unspecified atom stereocenters. The lowest BCUT2D eigenvalue weighted by molar-refractivity contribution is -0.156. The number of carbonyl (C=O) groups is 2. The van der Waals surface area contributed by atoms with E-state index in [1.807, 2.05) is 13.0 Å². The van der Waals surface area contributed by atoms with Gasteiger partial charge in [0, 0.05) is 11.1 Å². The minimum absolute atomic E-state index is 0.0835. The van der Waals surface area contributed by atoms with Gasteiger partial charge in [0.25, 0.3) is 5.91 Å². The van der Waals surface area contributed by atoms with Gasteiger partial charge in [-0.2, -0.15) is 0 Å². The second kappa shape index (κ2) is 5.38. The molecule has 2 rings (SSSR count). The van der Waals surface area contributed by atoms with Crippen molar-refractivity contribution < 1.29 is 14.3 Å². The number of terminal acetylenes is 1. The number of amides is 1. The van der Waals surface area contributed by atoms with Crippen LogP contribution in [0.1, 0.15) is 36.2 Å². The SMILES string of the molecule is C#CCN1C(=O)c2ccccc2C1(CC)C(=O)OCC. The molecule has 1 aliphatic rings. The molecule has 0 aromatic heterocycles. The molecule has 0 N–H and O–H groups in total. The van der Waals surface area contributed by atoms with Crippen LogP contribution in [-0.2, 0) is 15.1 Å². The lowest BCUT2D eigenvalue weighted by Crippen LogP contribution is -2.50. The molecule has 1 aliphatic heterocycles. The molecule has 4 nitrogen and oxygen atoms in total. The number of fused-ring (bicyclic) bond motifs is 1. The average Bonchev–Trinajstić information content (AvgIpc) is 2.71. The Bertz CT molecular complexity index is 588. The van der Waals surface area contributed by atoms with Crippen molar-refractivity contribution in [1.82, 2.24) is 4.90 Å². The van der Waals surface area contributed by atoms with Crippen LogP contribution in [0.25, 0.3) is 0 Å². The number of benzene rings is 1. The molecule has 1 heterocycles. The van der Waals surface area contributed by atoms with Crippen molar-refractivity contribution in [3.63, 3.8) is 0 Å². The summed E-state index contributed by atoms with van der Waals surface area (Å²) >= 11 is 0. The molecule has 1 amide bonds. The highest BCUT2D eigenvalue weighted by Gasteiger charge is 2.54. The predicted octanol–water partition coefficient (Wildman–Crippen LogP) is 1.94. The lowest BCUT2D eigenvalue weighted by Gasteiger charge is -2.35. The van der Waals surface area contributed by atoms with Gasteiger partial charge in [-0.3, -0.25) is 4.79 Å². The van der Waals surface area contributed by atoms with Crippen molar-refractivity contribution in [1.29, 1.82) is 0 Å². The first-order valence-electron chi connectivity index (χ1n) is 6.65. The van der Waals surface area contributed by atoms with Crippen molar-refractivity contribution in [3.8, 4) is 12.3 Å². The van der Waals surface area contributed by atoms with Gasteiger partial charge < -0.3 is 9.64 Å². The van der Waals surface area contributed by atoms with Crippen LogP contribution in [-0.4, -0.2) is 29.9 Å². The maximum atomic E-state index is 12.5. The van der Waals surface area contributed by atoms with Crippen LogP contribution in [0.2, 0.25) is 0 Å². The summed E-state index contributed by atoms with van der Waals surface area (Å²) in [6.07, 6.45) is 5.79. The minimum Gasteiger partial charge on any atom is -0.464 e. The monoisotopic (exact) mass is 271 g/mol. The van der Waals surface area contributed by atoms with E-state index in [4.69, 9.17) is 11.2 Å². The highest BCUT2D eigenvalue weighted by Crippen LogP contribution is 2.42. The summed E-state index contributed by atoms with van der Waals surface area (Å²) in [6.45, 7) is 3.95. The third-order valence-corrected chi connectivity index (χ3v) is 3.68. The zero-order valence-corrected chi connectivity index (χ0v) is 11.7. The molecule has 1 aromatic rings. The Balaban J connectivity index is 2.64. The molecule has 0 radical (unpaired) electrons. The van der Waals surface area contributed by atoms with E-state index in [9.17, 15) is 9.59 Å². The number of carbonyl (C=O) groups excluding carboxylic acids is 2.